The largest absolute Gasteiger partial charge is 0.417 e. The van der Waals surface area contributed by atoms with Gasteiger partial charge in [-0.3, -0.25) is 9.20 Å². The summed E-state index contributed by atoms with van der Waals surface area (Å²) >= 11 is 1.08. The molecule has 0 aliphatic heterocycles. The predicted molar refractivity (Wildman–Crippen MR) is 97.8 cm³/mol. The van der Waals surface area contributed by atoms with Gasteiger partial charge in [0.15, 0.2) is 10.8 Å². The second kappa shape index (κ2) is 7.59. The van der Waals surface area contributed by atoms with Crippen LogP contribution in [0.2, 0.25) is 0 Å². The van der Waals surface area contributed by atoms with E-state index in [1.54, 1.807) is 11.8 Å². The number of carbonyl (C=O) groups is 1. The van der Waals surface area contributed by atoms with E-state index in [4.69, 9.17) is 0 Å². The van der Waals surface area contributed by atoms with Crippen molar-refractivity contribution in [3.63, 3.8) is 0 Å². The van der Waals surface area contributed by atoms with Crippen LogP contribution in [0.1, 0.15) is 19.4 Å². The van der Waals surface area contributed by atoms with Gasteiger partial charge in [0.25, 0.3) is 0 Å². The van der Waals surface area contributed by atoms with Crippen LogP contribution in [0.25, 0.3) is 5.65 Å². The van der Waals surface area contributed by atoms with E-state index in [1.165, 1.54) is 10.5 Å². The highest BCUT2D eigenvalue weighted by atomic mass is 32.2. The van der Waals surface area contributed by atoms with Gasteiger partial charge in [0.05, 0.1) is 10.8 Å². The van der Waals surface area contributed by atoms with Crippen LogP contribution < -0.4 is 4.90 Å². The number of para-hydroxylation sites is 1. The lowest BCUT2D eigenvalue weighted by molar-refractivity contribution is -0.137. The first-order chi connectivity index (χ1) is 12.8. The Labute approximate surface area is 158 Å². The summed E-state index contributed by atoms with van der Waals surface area (Å²) in [5.74, 6) is -0.155. The molecule has 2 heterocycles. The highest BCUT2D eigenvalue weighted by Gasteiger charge is 2.31. The normalized spacial score (nSPS) is 12.9. The van der Waals surface area contributed by atoms with E-state index in [0.717, 1.165) is 29.7 Å². The first kappa shape index (κ1) is 19.2. The zero-order valence-corrected chi connectivity index (χ0v) is 15.5. The van der Waals surface area contributed by atoms with Gasteiger partial charge in [-0.15, -0.1) is 10.2 Å². The number of nitrogens with zero attached hydrogens (tertiary/aromatic N) is 4. The van der Waals surface area contributed by atoms with Crippen molar-refractivity contribution in [1.29, 1.82) is 0 Å². The second-order valence-electron chi connectivity index (χ2n) is 5.80. The molecule has 3 rings (SSSR count). The molecule has 0 aliphatic rings. The third kappa shape index (κ3) is 4.08. The maximum Gasteiger partial charge on any atom is 0.417 e. The summed E-state index contributed by atoms with van der Waals surface area (Å²) < 4.78 is 40.1. The van der Waals surface area contributed by atoms with Crippen molar-refractivity contribution in [3.8, 4) is 0 Å². The van der Waals surface area contributed by atoms with Gasteiger partial charge in [-0.25, -0.2) is 0 Å². The smallest absolute Gasteiger partial charge is 0.312 e. The Hall–Kier alpha value is -2.55. The maximum atomic E-state index is 13.0. The molecule has 1 amide bonds. The van der Waals surface area contributed by atoms with Crippen molar-refractivity contribution >= 4 is 29.0 Å². The number of halogens is 3. The number of amides is 1. The number of pyridine rings is 1. The Bertz CT molecular complexity index is 943. The molecule has 0 spiro atoms. The van der Waals surface area contributed by atoms with Gasteiger partial charge in [0.2, 0.25) is 5.91 Å². The number of hydrogen-bond acceptors (Lipinski definition) is 4. The minimum atomic E-state index is -4.46. The van der Waals surface area contributed by atoms with Gasteiger partial charge < -0.3 is 4.90 Å². The van der Waals surface area contributed by atoms with Crippen LogP contribution in [-0.4, -0.2) is 32.3 Å². The Morgan fingerprint density at radius 1 is 1.19 bits per heavy atom. The quantitative estimate of drug-likeness (QED) is 0.606. The predicted octanol–water partition coefficient (Wildman–Crippen LogP) is 4.28. The van der Waals surface area contributed by atoms with Gasteiger partial charge in [-0.2, -0.15) is 13.2 Å². The van der Waals surface area contributed by atoms with Crippen LogP contribution in [0.15, 0.2) is 53.8 Å². The average molecular weight is 394 g/mol. The van der Waals surface area contributed by atoms with Crippen LogP contribution in [0, 0.1) is 0 Å². The first-order valence-corrected chi connectivity index (χ1v) is 9.14. The van der Waals surface area contributed by atoms with Crippen molar-refractivity contribution < 1.29 is 18.0 Å². The van der Waals surface area contributed by atoms with E-state index in [2.05, 4.69) is 10.2 Å². The average Bonchev–Trinajstić information content (AvgIpc) is 3.04. The number of anilines is 1. The van der Waals surface area contributed by atoms with Crippen LogP contribution in [0.3, 0.4) is 0 Å². The Morgan fingerprint density at radius 2 is 1.89 bits per heavy atom. The Morgan fingerprint density at radius 3 is 2.52 bits per heavy atom. The van der Waals surface area contributed by atoms with Gasteiger partial charge in [0.1, 0.15) is 0 Å². The number of rotatable bonds is 5. The third-order valence-electron chi connectivity index (χ3n) is 3.98. The van der Waals surface area contributed by atoms with Gasteiger partial charge in [-0.1, -0.05) is 30.0 Å². The lowest BCUT2D eigenvalue weighted by Crippen LogP contribution is -2.36. The lowest BCUT2D eigenvalue weighted by atomic mass is 10.2. The second-order valence-corrected chi connectivity index (χ2v) is 7.11. The molecule has 0 fully saturated rings. The molecule has 9 heteroatoms. The topological polar surface area (TPSA) is 50.5 Å². The van der Waals surface area contributed by atoms with E-state index in [9.17, 15) is 18.0 Å². The number of fused-ring (bicyclic) bond motifs is 1. The third-order valence-corrected chi connectivity index (χ3v) is 5.02. The number of hydrogen-bond donors (Lipinski definition) is 0. The van der Waals surface area contributed by atoms with E-state index < -0.39 is 17.0 Å². The molecule has 0 saturated heterocycles. The fourth-order valence-electron chi connectivity index (χ4n) is 2.62. The maximum absolute atomic E-state index is 13.0. The van der Waals surface area contributed by atoms with Crippen molar-refractivity contribution in [3.05, 3.63) is 54.2 Å². The zero-order valence-electron chi connectivity index (χ0n) is 14.6. The minimum Gasteiger partial charge on any atom is -0.312 e. The summed E-state index contributed by atoms with van der Waals surface area (Å²) in [5, 5.41) is 7.50. The molecular formula is C18H17F3N4OS. The summed E-state index contributed by atoms with van der Waals surface area (Å²) in [6, 6.07) is 11.4. The molecule has 0 radical (unpaired) electrons. The van der Waals surface area contributed by atoms with Crippen LogP contribution in [-0.2, 0) is 11.0 Å². The van der Waals surface area contributed by atoms with Crippen molar-refractivity contribution in [2.24, 2.45) is 0 Å². The molecule has 5 nitrogen and oxygen atoms in total. The van der Waals surface area contributed by atoms with E-state index in [1.807, 2.05) is 37.3 Å². The molecule has 3 aromatic rings. The van der Waals surface area contributed by atoms with E-state index in [0.29, 0.717) is 12.2 Å². The summed E-state index contributed by atoms with van der Waals surface area (Å²) in [4.78, 5) is 14.5. The number of aromatic nitrogens is 3. The molecule has 1 aromatic carbocycles. The molecule has 27 heavy (non-hydrogen) atoms. The van der Waals surface area contributed by atoms with E-state index >= 15 is 0 Å². The molecule has 0 saturated carbocycles. The fourth-order valence-corrected chi connectivity index (χ4v) is 3.51. The van der Waals surface area contributed by atoms with Crippen molar-refractivity contribution in [2.45, 2.75) is 30.4 Å². The molecule has 2 aromatic heterocycles. The number of alkyl halides is 3. The fraction of sp³-hybridized carbons (Fsp3) is 0.278. The van der Waals surface area contributed by atoms with Crippen LogP contribution in [0.5, 0.6) is 0 Å². The lowest BCUT2D eigenvalue weighted by Gasteiger charge is -2.24. The van der Waals surface area contributed by atoms with Gasteiger partial charge in [-0.05, 0) is 38.1 Å². The molecule has 0 N–H and O–H groups in total. The standard InChI is InChI=1S/C18H17F3N4OS/c1-3-24(14-7-5-4-6-8-14)16(26)12(2)27-17-23-22-15-10-9-13(11-25(15)17)18(19,20)21/h4-12H,3H2,1-2H3. The summed E-state index contributed by atoms with van der Waals surface area (Å²) in [7, 11) is 0. The first-order valence-electron chi connectivity index (χ1n) is 8.26. The van der Waals surface area contributed by atoms with Gasteiger partial charge in [0, 0.05) is 18.4 Å². The minimum absolute atomic E-state index is 0.155. The molecule has 1 unspecified atom stereocenters. The molecule has 142 valence electrons. The summed E-state index contributed by atoms with van der Waals surface area (Å²) in [6.07, 6.45) is -3.52. The van der Waals surface area contributed by atoms with E-state index in [-0.39, 0.29) is 11.1 Å². The van der Waals surface area contributed by atoms with Crippen LogP contribution in [0.4, 0.5) is 18.9 Å². The van der Waals surface area contributed by atoms with Crippen molar-refractivity contribution in [2.75, 3.05) is 11.4 Å². The summed E-state index contributed by atoms with van der Waals surface area (Å²) in [5.41, 5.74) is 0.263. The molecular weight excluding hydrogens is 377 g/mol. The SMILES string of the molecule is CCN(C(=O)C(C)Sc1nnc2ccc(C(F)(F)F)cn12)c1ccccc1. The number of benzene rings is 1. The Kier molecular flexibility index (Phi) is 5.41. The highest BCUT2D eigenvalue weighted by Crippen LogP contribution is 2.31. The van der Waals surface area contributed by atoms with Crippen molar-refractivity contribution in [1.82, 2.24) is 14.6 Å². The van der Waals surface area contributed by atoms with Crippen LogP contribution >= 0.6 is 11.8 Å². The number of thioether (sulfide) groups is 1. The highest BCUT2D eigenvalue weighted by molar-refractivity contribution is 8.00. The summed E-state index contributed by atoms with van der Waals surface area (Å²) in [6.45, 7) is 4.05. The molecule has 0 aliphatic carbocycles. The number of carbonyl (C=O) groups excluding carboxylic acids is 1. The van der Waals surface area contributed by atoms with Gasteiger partial charge >= 0.3 is 6.18 Å². The zero-order chi connectivity index (χ0) is 19.6. The molecule has 0 bridgehead atoms. The Balaban J connectivity index is 1.85. The molecule has 1 atom stereocenters. The monoisotopic (exact) mass is 394 g/mol.